The highest BCUT2D eigenvalue weighted by Gasteiger charge is 2.39. The molecule has 1 aromatic heterocycles. The van der Waals surface area contributed by atoms with Gasteiger partial charge in [0.1, 0.15) is 5.56 Å². The first-order chi connectivity index (χ1) is 9.16. The highest BCUT2D eigenvalue weighted by Crippen LogP contribution is 2.25. The predicted molar refractivity (Wildman–Crippen MR) is 71.0 cm³/mol. The van der Waals surface area contributed by atoms with E-state index >= 15 is 0 Å². The smallest absolute Gasteiger partial charge is 0.340 e. The molecule has 0 aliphatic carbocycles. The molecule has 1 aliphatic heterocycles. The second-order valence-electron chi connectivity index (χ2n) is 5.49. The van der Waals surface area contributed by atoms with Crippen LogP contribution in [0.5, 0.6) is 0 Å². The normalized spacial score (nSPS) is 20.9. The first kappa shape index (κ1) is 14.9. The van der Waals surface area contributed by atoms with Crippen molar-refractivity contribution in [3.8, 4) is 0 Å². The molecule has 112 valence electrons. The minimum Gasteiger partial charge on any atom is -0.478 e. The quantitative estimate of drug-likeness (QED) is 0.802. The van der Waals surface area contributed by atoms with Gasteiger partial charge in [0.15, 0.2) is 5.03 Å². The third kappa shape index (κ3) is 2.43. The van der Waals surface area contributed by atoms with Gasteiger partial charge in [0, 0.05) is 25.2 Å². The van der Waals surface area contributed by atoms with Crippen molar-refractivity contribution in [3.63, 3.8) is 0 Å². The van der Waals surface area contributed by atoms with Crippen LogP contribution in [0.2, 0.25) is 0 Å². The third-order valence-electron chi connectivity index (χ3n) is 3.71. The van der Waals surface area contributed by atoms with E-state index in [-0.39, 0.29) is 16.1 Å². The van der Waals surface area contributed by atoms with Gasteiger partial charge in [-0.1, -0.05) is 0 Å². The van der Waals surface area contributed by atoms with Crippen LogP contribution in [-0.2, 0) is 10.0 Å². The number of carboxylic acids is 1. The highest BCUT2D eigenvalue weighted by molar-refractivity contribution is 7.89. The van der Waals surface area contributed by atoms with Gasteiger partial charge in [-0.15, -0.1) is 0 Å². The highest BCUT2D eigenvalue weighted by atomic mass is 32.2. The molecule has 0 unspecified atom stereocenters. The van der Waals surface area contributed by atoms with Crippen LogP contribution in [0.25, 0.3) is 0 Å². The van der Waals surface area contributed by atoms with Gasteiger partial charge in [-0.3, -0.25) is 10.00 Å². The number of likely N-dealkylation sites (N-methyl/N-ethyl adjacent to an activating group) is 1. The molecule has 0 amide bonds. The van der Waals surface area contributed by atoms with Crippen LogP contribution in [0.1, 0.15) is 24.2 Å². The second-order valence-corrected chi connectivity index (χ2v) is 7.37. The molecule has 0 radical (unpaired) electrons. The van der Waals surface area contributed by atoms with Crippen molar-refractivity contribution in [1.82, 2.24) is 19.4 Å². The maximum absolute atomic E-state index is 12.5. The molecule has 8 nitrogen and oxygen atoms in total. The number of rotatable bonds is 3. The van der Waals surface area contributed by atoms with Gasteiger partial charge >= 0.3 is 5.97 Å². The van der Waals surface area contributed by atoms with E-state index in [1.807, 2.05) is 20.9 Å². The Morgan fingerprint density at radius 3 is 2.65 bits per heavy atom. The number of H-pyrrole nitrogens is 1. The molecule has 2 N–H and O–H groups in total. The first-order valence-electron chi connectivity index (χ1n) is 6.14. The molecule has 2 heterocycles. The van der Waals surface area contributed by atoms with Gasteiger partial charge in [-0.2, -0.15) is 9.40 Å². The minimum absolute atomic E-state index is 0.296. The van der Waals surface area contributed by atoms with Crippen LogP contribution < -0.4 is 0 Å². The molecule has 0 aromatic carbocycles. The van der Waals surface area contributed by atoms with Gasteiger partial charge in [0.05, 0.1) is 6.20 Å². The lowest BCUT2D eigenvalue weighted by Crippen LogP contribution is -2.58. The molecule has 0 bridgehead atoms. The van der Waals surface area contributed by atoms with Crippen molar-refractivity contribution in [3.05, 3.63) is 11.8 Å². The number of hydrogen-bond donors (Lipinski definition) is 2. The second kappa shape index (κ2) is 4.83. The lowest BCUT2D eigenvalue weighted by atomic mass is 10.0. The Balaban J connectivity index is 2.36. The SMILES string of the molecule is CN1CCN(S(=O)(=O)c2[nH]ncc2C(=O)O)CC1(C)C. The molecule has 1 aromatic rings. The van der Waals surface area contributed by atoms with Crippen LogP contribution in [0.3, 0.4) is 0 Å². The maximum Gasteiger partial charge on any atom is 0.340 e. The topological polar surface area (TPSA) is 107 Å². The number of nitrogens with zero attached hydrogens (tertiary/aromatic N) is 3. The molecule has 1 fully saturated rings. The summed E-state index contributed by atoms with van der Waals surface area (Å²) in [7, 11) is -1.95. The maximum atomic E-state index is 12.5. The summed E-state index contributed by atoms with van der Waals surface area (Å²) in [6, 6.07) is 0. The number of carbonyl (C=O) groups is 1. The van der Waals surface area contributed by atoms with Gasteiger partial charge in [0.25, 0.3) is 10.0 Å². The summed E-state index contributed by atoms with van der Waals surface area (Å²) in [6.45, 7) is 5.09. The molecule has 1 aliphatic rings. The van der Waals surface area contributed by atoms with E-state index in [1.54, 1.807) is 0 Å². The number of hydrogen-bond acceptors (Lipinski definition) is 5. The Labute approximate surface area is 117 Å². The van der Waals surface area contributed by atoms with Gasteiger partial charge < -0.3 is 5.11 Å². The number of carboxylic acid groups (broad SMARTS) is 1. The number of aromatic carboxylic acids is 1. The zero-order valence-corrected chi connectivity index (χ0v) is 12.4. The molecular weight excluding hydrogens is 284 g/mol. The Hall–Kier alpha value is -1.45. The number of sulfonamides is 1. The molecular formula is C11H18N4O4S. The minimum atomic E-state index is -3.88. The summed E-state index contributed by atoms with van der Waals surface area (Å²) in [5.74, 6) is -1.31. The fraction of sp³-hybridized carbons (Fsp3) is 0.636. The lowest BCUT2D eigenvalue weighted by Gasteiger charge is -2.44. The van der Waals surface area contributed by atoms with Crippen molar-refractivity contribution in [2.45, 2.75) is 24.4 Å². The van der Waals surface area contributed by atoms with Crippen LogP contribution in [0, 0.1) is 0 Å². The average Bonchev–Trinajstić information content (AvgIpc) is 2.82. The van der Waals surface area contributed by atoms with Crippen molar-refractivity contribution in [1.29, 1.82) is 0 Å². The standard InChI is InChI=1S/C11H18N4O4S/c1-11(2)7-15(5-4-14(11)3)20(18,19)9-8(10(16)17)6-12-13-9/h6H,4-5,7H2,1-3H3,(H,12,13)(H,16,17). The van der Waals surface area contributed by atoms with Gasteiger partial charge in [-0.25, -0.2) is 13.2 Å². The Kier molecular flexibility index (Phi) is 3.61. The largest absolute Gasteiger partial charge is 0.478 e. The van der Waals surface area contributed by atoms with Crippen LogP contribution >= 0.6 is 0 Å². The average molecular weight is 302 g/mol. The van der Waals surface area contributed by atoms with Gasteiger partial charge in [-0.05, 0) is 20.9 Å². The number of aromatic nitrogens is 2. The molecule has 0 spiro atoms. The van der Waals surface area contributed by atoms with Crippen LogP contribution in [0.4, 0.5) is 0 Å². The fourth-order valence-corrected chi connectivity index (χ4v) is 3.81. The zero-order valence-electron chi connectivity index (χ0n) is 11.6. The summed E-state index contributed by atoms with van der Waals surface area (Å²) < 4.78 is 26.4. The van der Waals surface area contributed by atoms with Crippen LogP contribution in [-0.4, -0.2) is 71.1 Å². The van der Waals surface area contributed by atoms with Gasteiger partial charge in [0.2, 0.25) is 0 Å². The zero-order chi connectivity index (χ0) is 15.1. The van der Waals surface area contributed by atoms with E-state index in [9.17, 15) is 13.2 Å². The Bertz CT molecular complexity index is 622. The van der Waals surface area contributed by atoms with E-state index in [0.717, 1.165) is 6.20 Å². The Morgan fingerprint density at radius 1 is 1.45 bits per heavy atom. The van der Waals surface area contributed by atoms with Crippen LogP contribution in [0.15, 0.2) is 11.2 Å². The fourth-order valence-electron chi connectivity index (χ4n) is 2.15. The first-order valence-corrected chi connectivity index (χ1v) is 7.58. The lowest BCUT2D eigenvalue weighted by molar-refractivity contribution is 0.0690. The molecule has 0 atom stereocenters. The Morgan fingerprint density at radius 2 is 2.10 bits per heavy atom. The number of aromatic amines is 1. The molecule has 1 saturated heterocycles. The van der Waals surface area contributed by atoms with E-state index in [1.165, 1.54) is 4.31 Å². The predicted octanol–water partition coefficient (Wildman–Crippen LogP) is -0.177. The van der Waals surface area contributed by atoms with E-state index in [0.29, 0.717) is 19.6 Å². The van der Waals surface area contributed by atoms with E-state index < -0.39 is 16.0 Å². The summed E-state index contributed by atoms with van der Waals surface area (Å²) in [4.78, 5) is 13.1. The van der Waals surface area contributed by atoms with Crippen molar-refractivity contribution in [2.24, 2.45) is 0 Å². The molecule has 9 heteroatoms. The summed E-state index contributed by atoms with van der Waals surface area (Å²) in [5.41, 5.74) is -0.643. The third-order valence-corrected chi connectivity index (χ3v) is 5.53. The number of nitrogens with one attached hydrogen (secondary N) is 1. The summed E-state index contributed by atoms with van der Waals surface area (Å²) >= 11 is 0. The molecule has 20 heavy (non-hydrogen) atoms. The van der Waals surface area contributed by atoms with E-state index in [2.05, 4.69) is 15.1 Å². The van der Waals surface area contributed by atoms with Crippen molar-refractivity contribution in [2.75, 3.05) is 26.7 Å². The summed E-state index contributed by atoms with van der Waals surface area (Å²) in [6.07, 6.45) is 1.01. The molecule has 0 saturated carbocycles. The van der Waals surface area contributed by atoms with Crippen molar-refractivity contribution >= 4 is 16.0 Å². The monoisotopic (exact) mass is 302 g/mol. The summed E-state index contributed by atoms with van der Waals surface area (Å²) in [5, 5.41) is 14.5. The van der Waals surface area contributed by atoms with E-state index in [4.69, 9.17) is 5.11 Å². The number of piperazine rings is 1. The molecule has 2 rings (SSSR count). The van der Waals surface area contributed by atoms with Crippen molar-refractivity contribution < 1.29 is 18.3 Å².